The molecule has 1 aliphatic rings. The Kier molecular flexibility index (Phi) is 7.73. The van der Waals surface area contributed by atoms with E-state index in [2.05, 4.69) is 34.3 Å². The third-order valence-electron chi connectivity index (χ3n) is 5.72. The van der Waals surface area contributed by atoms with Gasteiger partial charge in [0.05, 0.1) is 26.4 Å². The molecule has 0 fully saturated rings. The van der Waals surface area contributed by atoms with Crippen LogP contribution in [0.4, 0.5) is 4.79 Å². The van der Waals surface area contributed by atoms with Crippen LogP contribution < -0.4 is 5.32 Å². The van der Waals surface area contributed by atoms with Crippen molar-refractivity contribution in [3.63, 3.8) is 0 Å². The Morgan fingerprint density at radius 1 is 0.912 bits per heavy atom. The topological polar surface area (TPSA) is 73.9 Å². The minimum atomic E-state index is -0.579. The van der Waals surface area contributed by atoms with Crippen LogP contribution in [0, 0.1) is 0 Å². The molecule has 34 heavy (non-hydrogen) atoms. The molecule has 0 saturated heterocycles. The predicted octanol–water partition coefficient (Wildman–Crippen LogP) is 4.84. The summed E-state index contributed by atoms with van der Waals surface area (Å²) >= 11 is 0. The van der Waals surface area contributed by atoms with Gasteiger partial charge in [0.15, 0.2) is 0 Å². The second-order valence-electron chi connectivity index (χ2n) is 7.96. The van der Waals surface area contributed by atoms with Gasteiger partial charge in [0, 0.05) is 12.0 Å². The number of esters is 1. The smallest absolute Gasteiger partial charge is 0.407 e. The van der Waals surface area contributed by atoms with Crippen LogP contribution in [-0.4, -0.2) is 38.4 Å². The average molecular weight is 458 g/mol. The number of hydrogen-bond acceptors (Lipinski definition) is 5. The number of methoxy groups -OCH3 is 1. The summed E-state index contributed by atoms with van der Waals surface area (Å²) in [7, 11) is 1.30. The van der Waals surface area contributed by atoms with Crippen molar-refractivity contribution in [2.45, 2.75) is 18.6 Å². The lowest BCUT2D eigenvalue weighted by atomic mass is 9.98. The van der Waals surface area contributed by atoms with Crippen LogP contribution in [0.1, 0.15) is 22.6 Å². The van der Waals surface area contributed by atoms with Crippen molar-refractivity contribution in [3.8, 4) is 11.1 Å². The van der Waals surface area contributed by atoms with Gasteiger partial charge in [0.1, 0.15) is 6.61 Å². The molecule has 3 aromatic carbocycles. The fraction of sp³-hybridized carbons (Fsp3) is 0.214. The van der Waals surface area contributed by atoms with E-state index in [9.17, 15) is 9.59 Å². The van der Waals surface area contributed by atoms with Gasteiger partial charge >= 0.3 is 12.1 Å². The Morgan fingerprint density at radius 2 is 1.53 bits per heavy atom. The number of carbonyl (C=O) groups excluding carboxylic acids is 2. The molecular formula is C28H27NO5. The molecule has 6 nitrogen and oxygen atoms in total. The molecule has 1 N–H and O–H groups in total. The van der Waals surface area contributed by atoms with Crippen LogP contribution >= 0.6 is 0 Å². The summed E-state index contributed by atoms with van der Waals surface area (Å²) in [6.07, 6.45) is 2.23. The molecule has 0 heterocycles. The number of amides is 1. The van der Waals surface area contributed by atoms with E-state index in [4.69, 9.17) is 9.47 Å². The van der Waals surface area contributed by atoms with Crippen LogP contribution in [0.25, 0.3) is 11.1 Å². The van der Waals surface area contributed by atoms with Crippen LogP contribution in [0.3, 0.4) is 0 Å². The fourth-order valence-corrected chi connectivity index (χ4v) is 4.08. The molecule has 6 heteroatoms. The van der Waals surface area contributed by atoms with Gasteiger partial charge in [0.2, 0.25) is 0 Å². The van der Waals surface area contributed by atoms with Crippen LogP contribution in [-0.2, 0) is 25.6 Å². The molecule has 3 aromatic rings. The molecular weight excluding hydrogens is 430 g/mol. The third-order valence-corrected chi connectivity index (χ3v) is 5.72. The number of rotatable bonds is 9. The zero-order valence-electron chi connectivity index (χ0n) is 19.0. The minimum absolute atomic E-state index is 0.0310. The zero-order chi connectivity index (χ0) is 23.8. The SMILES string of the molecule is COC(=O)/C=C/[C@H](COCc1ccccc1)NC(=O)OCC1c2ccccc2-c2ccccc21. The Hall–Kier alpha value is -3.90. The molecule has 0 spiro atoms. The maximum atomic E-state index is 12.6. The van der Waals surface area contributed by atoms with Crippen LogP contribution in [0.15, 0.2) is 91.0 Å². The lowest BCUT2D eigenvalue weighted by molar-refractivity contribution is -0.134. The summed E-state index contributed by atoms with van der Waals surface area (Å²) in [6, 6.07) is 25.5. The first kappa shape index (κ1) is 23.3. The molecule has 1 atom stereocenters. The van der Waals surface area contributed by atoms with E-state index < -0.39 is 18.1 Å². The molecule has 0 saturated carbocycles. The van der Waals surface area contributed by atoms with Crippen molar-refractivity contribution in [1.29, 1.82) is 0 Å². The largest absolute Gasteiger partial charge is 0.466 e. The van der Waals surface area contributed by atoms with E-state index in [-0.39, 0.29) is 19.1 Å². The molecule has 174 valence electrons. The summed E-state index contributed by atoms with van der Waals surface area (Å²) in [5.41, 5.74) is 5.63. The first-order chi connectivity index (χ1) is 16.7. The molecule has 4 rings (SSSR count). The van der Waals surface area contributed by atoms with Crippen LogP contribution in [0.5, 0.6) is 0 Å². The van der Waals surface area contributed by atoms with Gasteiger partial charge in [0.25, 0.3) is 0 Å². The number of nitrogens with one attached hydrogen (secondary N) is 1. The summed E-state index contributed by atoms with van der Waals surface area (Å²) in [4.78, 5) is 24.2. The minimum Gasteiger partial charge on any atom is -0.466 e. The maximum absolute atomic E-state index is 12.6. The van der Waals surface area contributed by atoms with Crippen molar-refractivity contribution in [2.75, 3.05) is 20.3 Å². The monoisotopic (exact) mass is 457 g/mol. The summed E-state index contributed by atoms with van der Waals surface area (Å²) in [5, 5.41) is 2.77. The summed E-state index contributed by atoms with van der Waals surface area (Å²) < 4.78 is 16.0. The summed E-state index contributed by atoms with van der Waals surface area (Å²) in [6.45, 7) is 0.764. The quantitative estimate of drug-likeness (QED) is 0.368. The van der Waals surface area contributed by atoms with Crippen molar-refractivity contribution >= 4 is 12.1 Å². The second-order valence-corrected chi connectivity index (χ2v) is 7.96. The maximum Gasteiger partial charge on any atom is 0.407 e. The number of alkyl carbamates (subject to hydrolysis) is 1. The number of carbonyl (C=O) groups is 2. The van der Waals surface area contributed by atoms with E-state index in [1.165, 1.54) is 30.4 Å². The van der Waals surface area contributed by atoms with Crippen molar-refractivity contribution in [1.82, 2.24) is 5.32 Å². The fourth-order valence-electron chi connectivity index (χ4n) is 4.08. The summed E-state index contributed by atoms with van der Waals surface area (Å²) in [5.74, 6) is -0.543. The molecule has 0 bridgehead atoms. The highest BCUT2D eigenvalue weighted by molar-refractivity contribution is 5.82. The van der Waals surface area contributed by atoms with Crippen molar-refractivity contribution < 1.29 is 23.8 Å². The normalized spacial score (nSPS) is 13.2. The number of benzene rings is 3. The van der Waals surface area contributed by atoms with Crippen LogP contribution in [0.2, 0.25) is 0 Å². The first-order valence-electron chi connectivity index (χ1n) is 11.1. The predicted molar refractivity (Wildman–Crippen MR) is 129 cm³/mol. The van der Waals surface area contributed by atoms with E-state index >= 15 is 0 Å². The highest BCUT2D eigenvalue weighted by Crippen LogP contribution is 2.44. The third kappa shape index (κ3) is 5.71. The van der Waals surface area contributed by atoms with Gasteiger partial charge in [-0.25, -0.2) is 9.59 Å². The standard InChI is InChI=1S/C28H27NO5/c1-32-27(30)16-15-21(18-33-17-20-9-3-2-4-10-20)29-28(31)34-19-26-24-13-7-5-11-22(24)23-12-6-8-14-25(23)26/h2-16,21,26H,17-19H2,1H3,(H,29,31)/b16-15+/t21-/m1/s1. The van der Waals surface area contributed by atoms with Crippen molar-refractivity contribution in [2.24, 2.45) is 0 Å². The molecule has 0 unspecified atom stereocenters. The zero-order valence-corrected chi connectivity index (χ0v) is 19.0. The lowest BCUT2D eigenvalue weighted by Crippen LogP contribution is -2.38. The van der Waals surface area contributed by atoms with E-state index in [0.29, 0.717) is 6.61 Å². The van der Waals surface area contributed by atoms with Gasteiger partial charge < -0.3 is 19.5 Å². The first-order valence-corrected chi connectivity index (χ1v) is 11.1. The number of hydrogen-bond donors (Lipinski definition) is 1. The van der Waals surface area contributed by atoms with E-state index in [1.807, 2.05) is 54.6 Å². The lowest BCUT2D eigenvalue weighted by Gasteiger charge is -2.18. The Labute approximate surface area is 199 Å². The Bertz CT molecular complexity index is 1110. The molecule has 0 aliphatic heterocycles. The molecule has 0 aromatic heterocycles. The molecule has 1 amide bonds. The number of ether oxygens (including phenoxy) is 3. The Balaban J connectivity index is 1.37. The second kappa shape index (κ2) is 11.3. The molecule has 1 aliphatic carbocycles. The van der Waals surface area contributed by atoms with Gasteiger partial charge in [-0.2, -0.15) is 0 Å². The van der Waals surface area contributed by atoms with Gasteiger partial charge in [-0.1, -0.05) is 84.9 Å². The van der Waals surface area contributed by atoms with Gasteiger partial charge in [-0.15, -0.1) is 0 Å². The number of fused-ring (bicyclic) bond motifs is 3. The average Bonchev–Trinajstić information content (AvgIpc) is 3.20. The van der Waals surface area contributed by atoms with E-state index in [1.54, 1.807) is 0 Å². The molecule has 0 radical (unpaired) electrons. The van der Waals surface area contributed by atoms with Gasteiger partial charge in [-0.05, 0) is 27.8 Å². The van der Waals surface area contributed by atoms with Gasteiger partial charge in [-0.3, -0.25) is 0 Å². The highest BCUT2D eigenvalue weighted by Gasteiger charge is 2.29. The Morgan fingerprint density at radius 3 is 2.18 bits per heavy atom. The van der Waals surface area contributed by atoms with Crippen molar-refractivity contribution in [3.05, 3.63) is 108 Å². The highest BCUT2D eigenvalue weighted by atomic mass is 16.5. The van der Waals surface area contributed by atoms with E-state index in [0.717, 1.165) is 16.7 Å².